The van der Waals surface area contributed by atoms with Crippen molar-refractivity contribution in [2.24, 2.45) is 11.8 Å². The summed E-state index contributed by atoms with van der Waals surface area (Å²) in [6.07, 6.45) is 7.07. The average molecular weight is 747 g/mol. The third kappa shape index (κ3) is 14.3. The van der Waals surface area contributed by atoms with E-state index in [1.165, 1.54) is 0 Å². The number of ether oxygens (including phenoxy) is 3. The molecule has 1 N–H and O–H groups in total. The number of pyridine rings is 1. The van der Waals surface area contributed by atoms with Crippen LogP contribution in [-0.4, -0.2) is 97.6 Å². The summed E-state index contributed by atoms with van der Waals surface area (Å²) in [4.78, 5) is 60.4. The van der Waals surface area contributed by atoms with E-state index in [-0.39, 0.29) is 29.4 Å². The highest BCUT2D eigenvalue weighted by Gasteiger charge is 2.37. The van der Waals surface area contributed by atoms with E-state index in [0.29, 0.717) is 69.5 Å². The van der Waals surface area contributed by atoms with Crippen molar-refractivity contribution in [2.75, 3.05) is 39.4 Å². The van der Waals surface area contributed by atoms with E-state index in [1.54, 1.807) is 49.0 Å². The number of hydrogen-bond donors (Lipinski definition) is 1. The SMILES string of the molecule is CC(C)(C)OC(=O)CC(NC(=O)[C@@H]1CCCN(C(=O)CCC2CCN(C(=O)OC(C)(C)C)CC2)C1)c1cncc(OCCO[Si](C)(C)C(C)(C)C)c1. The van der Waals surface area contributed by atoms with Gasteiger partial charge in [-0.25, -0.2) is 4.79 Å². The van der Waals surface area contributed by atoms with E-state index in [4.69, 9.17) is 18.6 Å². The Labute approximate surface area is 313 Å². The molecule has 2 aliphatic heterocycles. The number of nitrogens with zero attached hydrogens (tertiary/aromatic N) is 3. The van der Waals surface area contributed by atoms with Gasteiger partial charge in [0.15, 0.2) is 8.32 Å². The highest BCUT2D eigenvalue weighted by atomic mass is 28.4. The largest absolute Gasteiger partial charge is 0.490 e. The van der Waals surface area contributed by atoms with Crippen molar-refractivity contribution in [3.05, 3.63) is 24.0 Å². The molecule has 1 aromatic rings. The second kappa shape index (κ2) is 18.2. The van der Waals surface area contributed by atoms with Gasteiger partial charge < -0.3 is 33.8 Å². The number of hydrogen-bond acceptors (Lipinski definition) is 9. The molecule has 2 fully saturated rings. The zero-order valence-corrected chi connectivity index (χ0v) is 34.8. The van der Waals surface area contributed by atoms with E-state index >= 15 is 0 Å². The highest BCUT2D eigenvalue weighted by Crippen LogP contribution is 2.36. The summed E-state index contributed by atoms with van der Waals surface area (Å²) in [5, 5.41) is 3.18. The van der Waals surface area contributed by atoms with Crippen molar-refractivity contribution in [1.29, 1.82) is 0 Å². The quantitative estimate of drug-likeness (QED) is 0.128. The van der Waals surface area contributed by atoms with E-state index in [1.807, 2.05) is 20.8 Å². The maximum absolute atomic E-state index is 13.8. The fraction of sp³-hybridized carbons (Fsp3) is 0.769. The molecule has 3 rings (SSSR count). The number of amides is 3. The minimum atomic E-state index is -1.92. The van der Waals surface area contributed by atoms with Crippen LogP contribution in [0.25, 0.3) is 0 Å². The molecule has 3 amide bonds. The van der Waals surface area contributed by atoms with Crippen LogP contribution in [0.3, 0.4) is 0 Å². The maximum atomic E-state index is 13.8. The molecule has 294 valence electrons. The molecule has 3 heterocycles. The number of carbonyl (C=O) groups excluding carboxylic acids is 4. The van der Waals surface area contributed by atoms with Crippen molar-refractivity contribution >= 4 is 32.2 Å². The Balaban J connectivity index is 1.58. The van der Waals surface area contributed by atoms with Crippen LogP contribution < -0.4 is 10.1 Å². The van der Waals surface area contributed by atoms with Gasteiger partial charge in [-0.2, -0.15) is 0 Å². The minimum absolute atomic E-state index is 0.0453. The molecule has 2 atom stereocenters. The molecule has 2 aliphatic rings. The van der Waals surface area contributed by atoms with Crippen molar-refractivity contribution in [2.45, 2.75) is 143 Å². The molecule has 52 heavy (non-hydrogen) atoms. The van der Waals surface area contributed by atoms with Gasteiger partial charge in [-0.15, -0.1) is 0 Å². The summed E-state index contributed by atoms with van der Waals surface area (Å²) in [5.74, 6) is -0.137. The van der Waals surface area contributed by atoms with E-state index in [0.717, 1.165) is 25.7 Å². The lowest BCUT2D eigenvalue weighted by atomic mass is 9.91. The molecule has 0 bridgehead atoms. The first-order valence-corrected chi connectivity index (χ1v) is 21.9. The first-order valence-electron chi connectivity index (χ1n) is 19.0. The molecule has 0 spiro atoms. The van der Waals surface area contributed by atoms with Gasteiger partial charge in [0.1, 0.15) is 23.6 Å². The van der Waals surface area contributed by atoms with Crippen molar-refractivity contribution in [1.82, 2.24) is 20.1 Å². The first-order chi connectivity index (χ1) is 24.0. The van der Waals surface area contributed by atoms with Crippen LogP contribution in [0.4, 0.5) is 4.79 Å². The fourth-order valence-electron chi connectivity index (χ4n) is 6.10. The standard InChI is InChI=1S/C39H66N4O8Si/c1-37(2,3)50-34(45)24-32(30-23-31(26-40-25-30)48-21-22-49-52(10,11)39(7,8)9)41-35(46)29-13-12-18-43(27-29)33(44)15-14-28-16-19-42(20-17-28)36(47)51-38(4,5)6/h23,25-26,28-29,32H,12-22,24,27H2,1-11H3,(H,41,46)/t29-,32?/m1/s1. The van der Waals surface area contributed by atoms with Gasteiger partial charge in [-0.1, -0.05) is 20.8 Å². The zero-order chi connectivity index (χ0) is 38.9. The van der Waals surface area contributed by atoms with Gasteiger partial charge in [0.25, 0.3) is 0 Å². The number of esters is 1. The highest BCUT2D eigenvalue weighted by molar-refractivity contribution is 6.74. The monoisotopic (exact) mass is 746 g/mol. The van der Waals surface area contributed by atoms with Crippen molar-refractivity contribution in [3.63, 3.8) is 0 Å². The maximum Gasteiger partial charge on any atom is 0.410 e. The third-order valence-corrected chi connectivity index (χ3v) is 14.6. The molecular weight excluding hydrogens is 681 g/mol. The zero-order valence-electron chi connectivity index (χ0n) is 33.8. The van der Waals surface area contributed by atoms with Gasteiger partial charge in [0.05, 0.1) is 31.2 Å². The number of carbonyl (C=O) groups is 4. The van der Waals surface area contributed by atoms with E-state index in [2.05, 4.69) is 44.2 Å². The molecule has 13 heteroatoms. The third-order valence-electron chi connectivity index (χ3n) is 10.0. The molecule has 0 saturated carbocycles. The molecule has 12 nitrogen and oxygen atoms in total. The van der Waals surface area contributed by atoms with Crippen molar-refractivity contribution < 1.29 is 37.8 Å². The lowest BCUT2D eigenvalue weighted by molar-refractivity contribution is -0.155. The number of rotatable bonds is 13. The predicted molar refractivity (Wildman–Crippen MR) is 203 cm³/mol. The van der Waals surface area contributed by atoms with Crippen LogP contribution in [0.15, 0.2) is 18.5 Å². The minimum Gasteiger partial charge on any atom is -0.490 e. The van der Waals surface area contributed by atoms with Crippen LogP contribution in [-0.2, 0) is 28.3 Å². The van der Waals surface area contributed by atoms with Crippen LogP contribution >= 0.6 is 0 Å². The number of aromatic nitrogens is 1. The fourth-order valence-corrected chi connectivity index (χ4v) is 7.13. The second-order valence-electron chi connectivity index (χ2n) is 17.9. The lowest BCUT2D eigenvalue weighted by Crippen LogP contribution is -2.46. The second-order valence-corrected chi connectivity index (χ2v) is 22.7. The number of nitrogens with one attached hydrogen (secondary N) is 1. The smallest absolute Gasteiger partial charge is 0.410 e. The summed E-state index contributed by atoms with van der Waals surface area (Å²) >= 11 is 0. The van der Waals surface area contributed by atoms with Gasteiger partial charge >= 0.3 is 12.1 Å². The van der Waals surface area contributed by atoms with Crippen molar-refractivity contribution in [3.8, 4) is 5.75 Å². The summed E-state index contributed by atoms with van der Waals surface area (Å²) in [5.41, 5.74) is -0.581. The van der Waals surface area contributed by atoms with Gasteiger partial charge in [-0.05, 0) is 109 Å². The van der Waals surface area contributed by atoms with Crippen LogP contribution in [0.5, 0.6) is 5.75 Å². The Morgan fingerprint density at radius 3 is 2.15 bits per heavy atom. The first kappa shape index (κ1) is 43.2. The predicted octanol–water partition coefficient (Wildman–Crippen LogP) is 7.04. The molecule has 1 aromatic heterocycles. The summed E-state index contributed by atoms with van der Waals surface area (Å²) in [6, 6.07) is 1.10. The van der Waals surface area contributed by atoms with E-state index < -0.39 is 37.4 Å². The van der Waals surface area contributed by atoms with Crippen LogP contribution in [0, 0.1) is 11.8 Å². The topological polar surface area (TPSA) is 137 Å². The Morgan fingerprint density at radius 1 is 0.885 bits per heavy atom. The summed E-state index contributed by atoms with van der Waals surface area (Å²) in [6.45, 7) is 25.0. The average Bonchev–Trinajstić information content (AvgIpc) is 3.03. The molecule has 1 unspecified atom stereocenters. The van der Waals surface area contributed by atoms with Gasteiger partial charge in [0, 0.05) is 38.8 Å². The van der Waals surface area contributed by atoms with Crippen LogP contribution in [0.1, 0.15) is 119 Å². The lowest BCUT2D eigenvalue weighted by Gasteiger charge is -2.36. The molecule has 0 aliphatic carbocycles. The van der Waals surface area contributed by atoms with Gasteiger partial charge in [-0.3, -0.25) is 19.4 Å². The van der Waals surface area contributed by atoms with Crippen LogP contribution in [0.2, 0.25) is 18.1 Å². The van der Waals surface area contributed by atoms with Gasteiger partial charge in [0.2, 0.25) is 11.8 Å². The Hall–Kier alpha value is -3.19. The summed E-state index contributed by atoms with van der Waals surface area (Å²) in [7, 11) is -1.92. The normalized spacial score (nSPS) is 18.4. The number of likely N-dealkylation sites (tertiary alicyclic amines) is 2. The Kier molecular flexibility index (Phi) is 15.1. The molecule has 0 radical (unpaired) electrons. The van der Waals surface area contributed by atoms with E-state index in [9.17, 15) is 19.2 Å². The Bertz CT molecular complexity index is 1360. The number of piperidine rings is 2. The molecular formula is C39H66N4O8Si. The Morgan fingerprint density at radius 2 is 1.54 bits per heavy atom. The molecule has 2 saturated heterocycles. The molecule has 0 aromatic carbocycles. The summed E-state index contributed by atoms with van der Waals surface area (Å²) < 4.78 is 23.3.